The molecule has 0 spiro atoms. The Bertz CT molecular complexity index is 337. The van der Waals surface area contributed by atoms with Crippen molar-refractivity contribution in [1.29, 1.82) is 0 Å². The highest BCUT2D eigenvalue weighted by Gasteiger charge is 2.33. The number of likely N-dealkylation sites (tertiary alicyclic amines) is 1. The van der Waals surface area contributed by atoms with Crippen LogP contribution < -0.4 is 4.90 Å². The summed E-state index contributed by atoms with van der Waals surface area (Å²) >= 11 is 0. The molecule has 2 aliphatic rings. The smallest absolute Gasteiger partial charge is 0.126 e. The molecule has 3 nitrogen and oxygen atoms in total. The number of aliphatic hydroxyl groups is 1. The van der Waals surface area contributed by atoms with Crippen molar-refractivity contribution in [2.45, 2.75) is 97.4 Å². The maximum Gasteiger partial charge on any atom is 0.126 e. The predicted octanol–water partition coefficient (Wildman–Crippen LogP) is 2.67. The summed E-state index contributed by atoms with van der Waals surface area (Å²) in [5.41, 5.74) is 0. The molecule has 0 bridgehead atoms. The van der Waals surface area contributed by atoms with Gasteiger partial charge in [0.25, 0.3) is 0 Å². The van der Waals surface area contributed by atoms with E-state index in [0.29, 0.717) is 36.6 Å². The van der Waals surface area contributed by atoms with E-state index in [0.717, 1.165) is 12.5 Å². The van der Waals surface area contributed by atoms with Gasteiger partial charge in [0.15, 0.2) is 0 Å². The Labute approximate surface area is 143 Å². The van der Waals surface area contributed by atoms with Gasteiger partial charge < -0.3 is 14.7 Å². The molecule has 136 valence electrons. The van der Waals surface area contributed by atoms with Crippen molar-refractivity contribution in [3.8, 4) is 0 Å². The minimum atomic E-state index is -0.321. The minimum Gasteiger partial charge on any atom is -0.385 e. The summed E-state index contributed by atoms with van der Waals surface area (Å²) in [6.07, 6.45) is 7.74. The summed E-state index contributed by atoms with van der Waals surface area (Å²) in [7, 11) is 0. The first-order chi connectivity index (χ1) is 10.9. The van der Waals surface area contributed by atoms with Crippen LogP contribution in [0.4, 0.5) is 0 Å². The van der Waals surface area contributed by atoms with Crippen LogP contribution in [-0.2, 0) is 4.74 Å². The van der Waals surface area contributed by atoms with E-state index in [1.54, 1.807) is 4.90 Å². The highest BCUT2D eigenvalue weighted by atomic mass is 16.5. The summed E-state index contributed by atoms with van der Waals surface area (Å²) < 4.78 is 6.24. The van der Waals surface area contributed by atoms with Gasteiger partial charge in [0.1, 0.15) is 12.6 Å². The van der Waals surface area contributed by atoms with Crippen LogP contribution in [0.3, 0.4) is 0 Å². The molecule has 0 aromatic carbocycles. The van der Waals surface area contributed by atoms with Crippen molar-refractivity contribution in [3.05, 3.63) is 0 Å². The minimum absolute atomic E-state index is 0.321. The van der Waals surface area contributed by atoms with Gasteiger partial charge in [-0.15, -0.1) is 0 Å². The second-order valence-electron chi connectivity index (χ2n) is 8.86. The van der Waals surface area contributed by atoms with E-state index in [-0.39, 0.29) is 6.10 Å². The number of nitrogens with one attached hydrogen (secondary N) is 1. The number of piperidine rings is 1. The van der Waals surface area contributed by atoms with Crippen LogP contribution in [0.5, 0.6) is 0 Å². The SMILES string of the molecule is CC(C)[C@H]1CC[C@H](C)C[C@H]1OC[C@H](O)C[NH+]1[C@H](C)CCC[C@@H]1C. The fraction of sp³-hybridized carbons (Fsp3) is 1.00. The molecule has 1 aliphatic heterocycles. The third kappa shape index (κ3) is 5.44. The van der Waals surface area contributed by atoms with Crippen LogP contribution in [0.15, 0.2) is 0 Å². The number of quaternary nitrogens is 1. The van der Waals surface area contributed by atoms with Crippen LogP contribution in [-0.4, -0.2) is 42.5 Å². The molecular formula is C20H40NO2+. The van der Waals surface area contributed by atoms with E-state index in [1.807, 2.05) is 0 Å². The molecular weight excluding hydrogens is 286 g/mol. The van der Waals surface area contributed by atoms with Crippen molar-refractivity contribution in [2.24, 2.45) is 17.8 Å². The standard InChI is InChI=1S/C20H39NO2/c1-14(2)19-10-9-15(3)11-20(19)23-13-18(22)12-21-16(4)7-6-8-17(21)5/h14-20,22H,6-13H2,1-5H3/p+1/t15-,16-,17+,18+,19+,20+/m0/s1. The number of hydrogen-bond donors (Lipinski definition) is 2. The van der Waals surface area contributed by atoms with Gasteiger partial charge in [-0.1, -0.05) is 27.2 Å². The average molecular weight is 327 g/mol. The van der Waals surface area contributed by atoms with Crippen LogP contribution in [0, 0.1) is 17.8 Å². The molecule has 1 heterocycles. The van der Waals surface area contributed by atoms with Crippen LogP contribution in [0.1, 0.15) is 73.1 Å². The molecule has 1 saturated carbocycles. The van der Waals surface area contributed by atoms with Crippen molar-refractivity contribution < 1.29 is 14.7 Å². The van der Waals surface area contributed by atoms with Crippen molar-refractivity contribution in [3.63, 3.8) is 0 Å². The molecule has 0 aromatic rings. The first-order valence-electron chi connectivity index (χ1n) is 10.0. The van der Waals surface area contributed by atoms with Gasteiger partial charge in [-0.3, -0.25) is 0 Å². The topological polar surface area (TPSA) is 33.9 Å². The van der Waals surface area contributed by atoms with E-state index in [2.05, 4.69) is 34.6 Å². The lowest BCUT2D eigenvalue weighted by Crippen LogP contribution is -3.20. The Hall–Kier alpha value is -0.120. The molecule has 0 aromatic heterocycles. The van der Waals surface area contributed by atoms with Crippen LogP contribution in [0.2, 0.25) is 0 Å². The van der Waals surface area contributed by atoms with E-state index < -0.39 is 0 Å². The first-order valence-corrected chi connectivity index (χ1v) is 10.0. The highest BCUT2D eigenvalue weighted by Crippen LogP contribution is 2.35. The zero-order valence-corrected chi connectivity index (χ0v) is 16.1. The molecule has 1 aliphatic carbocycles. The lowest BCUT2D eigenvalue weighted by atomic mass is 9.75. The van der Waals surface area contributed by atoms with Crippen LogP contribution in [0.25, 0.3) is 0 Å². The van der Waals surface area contributed by atoms with E-state index in [9.17, 15) is 5.11 Å². The Balaban J connectivity index is 1.81. The van der Waals surface area contributed by atoms with Crippen molar-refractivity contribution >= 4 is 0 Å². The van der Waals surface area contributed by atoms with Gasteiger partial charge in [-0.2, -0.15) is 0 Å². The van der Waals surface area contributed by atoms with E-state index in [1.165, 1.54) is 38.5 Å². The number of hydrogen-bond acceptors (Lipinski definition) is 2. The lowest BCUT2D eigenvalue weighted by Gasteiger charge is -2.39. The molecule has 7 atom stereocenters. The van der Waals surface area contributed by atoms with Gasteiger partial charge in [0, 0.05) is 0 Å². The maximum absolute atomic E-state index is 10.5. The maximum atomic E-state index is 10.5. The largest absolute Gasteiger partial charge is 0.385 e. The van der Waals surface area contributed by atoms with Gasteiger partial charge in [-0.05, 0) is 63.7 Å². The molecule has 23 heavy (non-hydrogen) atoms. The number of rotatable bonds is 6. The lowest BCUT2D eigenvalue weighted by molar-refractivity contribution is -0.954. The summed E-state index contributed by atoms with van der Waals surface area (Å²) in [4.78, 5) is 1.57. The predicted molar refractivity (Wildman–Crippen MR) is 95.7 cm³/mol. The number of aliphatic hydroxyl groups excluding tert-OH is 1. The molecule has 0 radical (unpaired) electrons. The molecule has 1 unspecified atom stereocenters. The average Bonchev–Trinajstić information content (AvgIpc) is 2.49. The second kappa shape index (κ2) is 8.82. The molecule has 2 N–H and O–H groups in total. The molecule has 1 saturated heterocycles. The van der Waals surface area contributed by atoms with E-state index >= 15 is 0 Å². The fourth-order valence-corrected chi connectivity index (χ4v) is 4.86. The number of ether oxygens (including phenoxy) is 1. The Kier molecular flexibility index (Phi) is 7.37. The molecule has 2 rings (SSSR count). The fourth-order valence-electron chi connectivity index (χ4n) is 4.86. The highest BCUT2D eigenvalue weighted by molar-refractivity contribution is 4.81. The zero-order chi connectivity index (χ0) is 17.0. The monoisotopic (exact) mass is 326 g/mol. The Morgan fingerprint density at radius 3 is 2.30 bits per heavy atom. The van der Waals surface area contributed by atoms with E-state index in [4.69, 9.17) is 4.74 Å². The Morgan fingerprint density at radius 2 is 1.70 bits per heavy atom. The van der Waals surface area contributed by atoms with Crippen molar-refractivity contribution in [2.75, 3.05) is 13.2 Å². The van der Waals surface area contributed by atoms with Gasteiger partial charge in [0.05, 0.1) is 24.8 Å². The summed E-state index contributed by atoms with van der Waals surface area (Å²) in [6.45, 7) is 13.0. The first kappa shape index (κ1) is 19.2. The van der Waals surface area contributed by atoms with Gasteiger partial charge >= 0.3 is 0 Å². The normalized spacial score (nSPS) is 40.3. The third-order valence-corrected chi connectivity index (χ3v) is 6.48. The molecule has 3 heteroatoms. The van der Waals surface area contributed by atoms with Crippen LogP contribution >= 0.6 is 0 Å². The zero-order valence-electron chi connectivity index (χ0n) is 16.1. The third-order valence-electron chi connectivity index (χ3n) is 6.48. The summed E-state index contributed by atoms with van der Waals surface area (Å²) in [6, 6.07) is 1.35. The molecule has 2 fully saturated rings. The quantitative estimate of drug-likeness (QED) is 0.787. The van der Waals surface area contributed by atoms with Crippen molar-refractivity contribution in [1.82, 2.24) is 0 Å². The summed E-state index contributed by atoms with van der Waals surface area (Å²) in [5.74, 6) is 2.11. The second-order valence-corrected chi connectivity index (χ2v) is 8.86. The van der Waals surface area contributed by atoms with Gasteiger partial charge in [0.2, 0.25) is 0 Å². The Morgan fingerprint density at radius 1 is 1.04 bits per heavy atom. The summed E-state index contributed by atoms with van der Waals surface area (Å²) in [5, 5.41) is 10.5. The molecule has 0 amide bonds. The van der Waals surface area contributed by atoms with Gasteiger partial charge in [-0.25, -0.2) is 0 Å².